The lowest BCUT2D eigenvalue weighted by Gasteiger charge is -2.42. The summed E-state index contributed by atoms with van der Waals surface area (Å²) in [7, 11) is -3.74. The molecule has 0 radical (unpaired) electrons. The number of amides is 1. The molecule has 45 heavy (non-hydrogen) atoms. The Labute approximate surface area is 275 Å². The van der Waals surface area contributed by atoms with Gasteiger partial charge in [0.15, 0.2) is 0 Å². The molecule has 1 amide bonds. The molecule has 7 nitrogen and oxygen atoms in total. The summed E-state index contributed by atoms with van der Waals surface area (Å²) < 4.78 is 34.5. The summed E-state index contributed by atoms with van der Waals surface area (Å²) in [6, 6.07) is 8.34. The van der Waals surface area contributed by atoms with E-state index in [0.29, 0.717) is 24.9 Å². The van der Waals surface area contributed by atoms with Crippen molar-refractivity contribution < 1.29 is 23.1 Å². The van der Waals surface area contributed by atoms with Crippen molar-refractivity contribution in [1.29, 1.82) is 0 Å². The van der Waals surface area contributed by atoms with E-state index in [1.54, 1.807) is 0 Å². The smallest absolute Gasteiger partial charge is 0.238 e. The first-order chi connectivity index (χ1) is 21.6. The van der Waals surface area contributed by atoms with E-state index in [9.17, 15) is 18.3 Å². The number of carbonyl (C=O) groups excluding carboxylic acids is 1. The van der Waals surface area contributed by atoms with Crippen molar-refractivity contribution in [3.63, 3.8) is 0 Å². The van der Waals surface area contributed by atoms with Crippen LogP contribution in [0.15, 0.2) is 59.2 Å². The van der Waals surface area contributed by atoms with Gasteiger partial charge in [-0.1, -0.05) is 67.3 Å². The first-order valence-corrected chi connectivity index (χ1v) is 18.9. The number of benzene rings is 1. The molecule has 6 atom stereocenters. The molecule has 0 bridgehead atoms. The molecule has 1 aliphatic heterocycles. The summed E-state index contributed by atoms with van der Waals surface area (Å²) in [5, 5.41) is 11.6. The molecule has 9 heteroatoms. The molecule has 1 heterocycles. The monoisotopic (exact) mass is 658 g/mol. The van der Waals surface area contributed by atoms with Gasteiger partial charge in [-0.05, 0) is 99.2 Å². The topological polar surface area (TPSA) is 95.9 Å². The molecule has 4 aliphatic rings. The highest BCUT2D eigenvalue weighted by atomic mass is 35.5. The lowest BCUT2D eigenvalue weighted by atomic mass is 9.70. The normalized spacial score (nSPS) is 26.7. The van der Waals surface area contributed by atoms with Gasteiger partial charge in [-0.2, -0.15) is 0 Å². The third-order valence-corrected chi connectivity index (χ3v) is 13.0. The number of para-hydroxylation sites is 2. The summed E-state index contributed by atoms with van der Waals surface area (Å²) in [6.07, 6.45) is 18.1. The van der Waals surface area contributed by atoms with E-state index in [4.69, 9.17) is 16.3 Å². The molecule has 3 aliphatic carbocycles. The van der Waals surface area contributed by atoms with Gasteiger partial charge in [0.2, 0.25) is 15.9 Å². The Kier molecular flexibility index (Phi) is 11.8. The van der Waals surface area contributed by atoms with Crippen molar-refractivity contribution in [1.82, 2.24) is 4.72 Å². The van der Waals surface area contributed by atoms with Crippen LogP contribution < -0.4 is 14.4 Å². The van der Waals surface area contributed by atoms with Gasteiger partial charge in [-0.15, -0.1) is 0 Å². The van der Waals surface area contributed by atoms with Gasteiger partial charge in [0.25, 0.3) is 0 Å². The van der Waals surface area contributed by atoms with Crippen LogP contribution >= 0.6 is 11.6 Å². The zero-order chi connectivity index (χ0) is 32.0. The number of ether oxygens (including phenoxy) is 1. The van der Waals surface area contributed by atoms with E-state index in [1.807, 2.05) is 31.2 Å². The minimum Gasteiger partial charge on any atom is -0.491 e. The number of fused-ring (bicyclic) bond motifs is 2. The van der Waals surface area contributed by atoms with Crippen LogP contribution in [0.4, 0.5) is 5.69 Å². The highest BCUT2D eigenvalue weighted by molar-refractivity contribution is 7.90. The number of nitrogens with zero attached hydrogens (tertiary/aromatic N) is 1. The number of allylic oxidation sites excluding steroid dienone is 4. The molecule has 1 aromatic carbocycles. The van der Waals surface area contributed by atoms with Gasteiger partial charge in [0.1, 0.15) is 5.75 Å². The number of hydrogen-bond donors (Lipinski definition) is 2. The number of halogens is 1. The van der Waals surface area contributed by atoms with Crippen LogP contribution in [0, 0.1) is 29.6 Å². The maximum absolute atomic E-state index is 13.0. The van der Waals surface area contributed by atoms with Crippen LogP contribution in [-0.4, -0.2) is 50.5 Å². The summed E-state index contributed by atoms with van der Waals surface area (Å²) >= 11 is 6.40. The second-order valence-electron chi connectivity index (χ2n) is 13.8. The minimum absolute atomic E-state index is 0.0776. The zero-order valence-corrected chi connectivity index (χ0v) is 28.4. The number of nitrogens with one attached hydrogen (secondary N) is 1. The summed E-state index contributed by atoms with van der Waals surface area (Å²) in [6.45, 7) is 5.63. The molecule has 2 fully saturated rings. The Bertz CT molecular complexity index is 1370. The molecular weight excluding hydrogens is 608 g/mol. The van der Waals surface area contributed by atoms with Crippen molar-refractivity contribution in [2.75, 3.05) is 24.6 Å². The van der Waals surface area contributed by atoms with Gasteiger partial charge < -0.3 is 14.7 Å². The van der Waals surface area contributed by atoms with Crippen molar-refractivity contribution in [2.24, 2.45) is 29.6 Å². The minimum atomic E-state index is -3.74. The Balaban J connectivity index is 1.21. The van der Waals surface area contributed by atoms with Gasteiger partial charge in [-0.3, -0.25) is 9.52 Å². The van der Waals surface area contributed by atoms with Gasteiger partial charge in [-0.25, -0.2) is 8.42 Å². The van der Waals surface area contributed by atoms with Gasteiger partial charge >= 0.3 is 0 Å². The Morgan fingerprint density at radius 1 is 1.13 bits per heavy atom. The Morgan fingerprint density at radius 2 is 1.93 bits per heavy atom. The van der Waals surface area contributed by atoms with Crippen molar-refractivity contribution in [2.45, 2.75) is 95.8 Å². The molecule has 0 spiro atoms. The highest BCUT2D eigenvalue weighted by Crippen LogP contribution is 2.41. The second-order valence-corrected chi connectivity index (χ2v) is 16.1. The zero-order valence-electron chi connectivity index (χ0n) is 26.9. The van der Waals surface area contributed by atoms with E-state index in [0.717, 1.165) is 93.8 Å². The maximum Gasteiger partial charge on any atom is 0.238 e. The Morgan fingerprint density at radius 3 is 2.64 bits per heavy atom. The average molecular weight is 659 g/mol. The van der Waals surface area contributed by atoms with Crippen LogP contribution in [0.25, 0.3) is 0 Å². The lowest BCUT2D eigenvalue weighted by molar-refractivity contribution is -0.117. The fraction of sp³-hybridized carbons (Fsp3) is 0.639. The van der Waals surface area contributed by atoms with E-state index in [-0.39, 0.29) is 17.8 Å². The second kappa shape index (κ2) is 15.5. The number of carbonyl (C=O) groups is 1. The van der Waals surface area contributed by atoms with Gasteiger partial charge in [0.05, 0.1) is 23.6 Å². The fourth-order valence-corrected chi connectivity index (χ4v) is 10.1. The van der Waals surface area contributed by atoms with Crippen LogP contribution in [0.3, 0.4) is 0 Å². The maximum atomic E-state index is 13.0. The van der Waals surface area contributed by atoms with E-state index >= 15 is 0 Å². The van der Waals surface area contributed by atoms with Crippen molar-refractivity contribution >= 4 is 33.2 Å². The first-order valence-electron chi connectivity index (χ1n) is 17.0. The molecule has 248 valence electrons. The highest BCUT2D eigenvalue weighted by Gasteiger charge is 2.41. The number of rotatable bonds is 10. The van der Waals surface area contributed by atoms with Crippen LogP contribution in [0.5, 0.6) is 5.75 Å². The molecule has 1 aromatic rings. The predicted octanol–water partition coefficient (Wildman–Crippen LogP) is 7.12. The molecule has 2 saturated carbocycles. The first kappa shape index (κ1) is 34.1. The van der Waals surface area contributed by atoms with E-state index < -0.39 is 27.3 Å². The SMILES string of the molecule is CC(=O)NS(=O)(=O)C(C1CCC1)[C@H](C)C/C=C/[C@H](O)[C@@H]1CC[C@H]1CN1CCCCC2CC(Cl)=CC=C2CCOc2ccccc21. The third kappa shape index (κ3) is 8.75. The molecule has 0 saturated heterocycles. The fourth-order valence-electron chi connectivity index (χ4n) is 7.79. The van der Waals surface area contributed by atoms with Gasteiger partial charge in [0, 0.05) is 31.5 Å². The van der Waals surface area contributed by atoms with Crippen molar-refractivity contribution in [3.05, 3.63) is 59.2 Å². The number of anilines is 1. The number of aliphatic hydroxyl groups is 1. The molecule has 2 unspecified atom stereocenters. The molecule has 0 aromatic heterocycles. The lowest BCUT2D eigenvalue weighted by Crippen LogP contribution is -2.46. The van der Waals surface area contributed by atoms with Crippen molar-refractivity contribution in [3.8, 4) is 5.75 Å². The summed E-state index contributed by atoms with van der Waals surface area (Å²) in [5.41, 5.74) is 2.57. The summed E-state index contributed by atoms with van der Waals surface area (Å²) in [4.78, 5) is 14.0. The third-order valence-electron chi connectivity index (χ3n) is 10.6. The number of aliphatic hydroxyl groups excluding tert-OH is 1. The average Bonchev–Trinajstić information content (AvgIpc) is 2.93. The molecular formula is C36H51ClN2O5S. The van der Waals surface area contributed by atoms with Crippen LogP contribution in [-0.2, 0) is 14.8 Å². The summed E-state index contributed by atoms with van der Waals surface area (Å²) in [5.74, 6) is 1.32. The number of hydrogen-bond acceptors (Lipinski definition) is 6. The predicted molar refractivity (Wildman–Crippen MR) is 182 cm³/mol. The Hall–Kier alpha value is -2.29. The standard InChI is InChI=1S/C36H51ClN2O5S/c1-25(36(28-11-8-12-28)45(42,43)38-26(2)40)9-7-14-34(41)32-19-17-30(32)24-39-21-6-5-10-29-23-31(37)18-16-27(29)20-22-44-35-15-4-3-13-33(35)39/h3-4,7,13-16,18,25,28-30,32,34,36,41H,5-6,8-12,17,19-24H2,1-2H3,(H,38,40)/b14-7+/t25-,29?,30+,32-,34+,36?/m1/s1. The molecule has 2 N–H and O–H groups in total. The van der Waals surface area contributed by atoms with Crippen LogP contribution in [0.2, 0.25) is 0 Å². The number of sulfonamides is 1. The quantitative estimate of drug-likeness (QED) is 0.260. The van der Waals surface area contributed by atoms with E-state index in [1.165, 1.54) is 12.5 Å². The van der Waals surface area contributed by atoms with Crippen LogP contribution in [0.1, 0.15) is 84.5 Å². The molecule has 5 rings (SSSR count). The van der Waals surface area contributed by atoms with E-state index in [2.05, 4.69) is 33.9 Å². The largest absolute Gasteiger partial charge is 0.491 e.